The minimum atomic E-state index is -0.150. The molecule has 2 heterocycles. The lowest BCUT2D eigenvalue weighted by Crippen LogP contribution is -2.09. The monoisotopic (exact) mass is 204 g/mol. The fourth-order valence-electron chi connectivity index (χ4n) is 1.15. The molecule has 1 atom stereocenters. The lowest BCUT2D eigenvalue weighted by molar-refractivity contribution is 0.628. The molecule has 0 aliphatic heterocycles. The van der Waals surface area contributed by atoms with Crippen molar-refractivity contribution < 1.29 is 0 Å². The molecule has 1 unspecified atom stereocenters. The van der Waals surface area contributed by atoms with E-state index in [1.165, 1.54) is 0 Å². The molecule has 6 nitrogen and oxygen atoms in total. The van der Waals surface area contributed by atoms with Gasteiger partial charge >= 0.3 is 0 Å². The van der Waals surface area contributed by atoms with Gasteiger partial charge in [-0.3, -0.25) is 0 Å². The van der Waals surface area contributed by atoms with Gasteiger partial charge in [-0.25, -0.2) is 19.6 Å². The summed E-state index contributed by atoms with van der Waals surface area (Å²) < 4.78 is 1.67. The van der Waals surface area contributed by atoms with Gasteiger partial charge in [-0.05, 0) is 13.0 Å². The van der Waals surface area contributed by atoms with Crippen molar-refractivity contribution in [1.82, 2.24) is 24.7 Å². The molecule has 78 valence electrons. The Labute approximate surface area is 87.2 Å². The van der Waals surface area contributed by atoms with Gasteiger partial charge in [0.15, 0.2) is 5.82 Å². The summed E-state index contributed by atoms with van der Waals surface area (Å²) in [5.74, 6) is 1.34. The summed E-state index contributed by atoms with van der Waals surface area (Å²) in [5, 5.41) is 4.21. The first-order valence-electron chi connectivity index (χ1n) is 4.66. The molecule has 0 aliphatic rings. The lowest BCUT2D eigenvalue weighted by Gasteiger charge is -1.99. The van der Waals surface area contributed by atoms with E-state index in [0.717, 1.165) is 0 Å². The molecule has 0 bridgehead atoms. The summed E-state index contributed by atoms with van der Waals surface area (Å²) in [5.41, 5.74) is 5.65. The van der Waals surface area contributed by atoms with Crippen LogP contribution in [0.5, 0.6) is 0 Å². The van der Waals surface area contributed by atoms with Crippen LogP contribution in [0.25, 0.3) is 0 Å². The van der Waals surface area contributed by atoms with Gasteiger partial charge in [0.05, 0.1) is 6.04 Å². The van der Waals surface area contributed by atoms with E-state index in [9.17, 15) is 0 Å². The lowest BCUT2D eigenvalue weighted by atomic mass is 10.4. The van der Waals surface area contributed by atoms with Crippen LogP contribution in [0.15, 0.2) is 24.8 Å². The van der Waals surface area contributed by atoms with Crippen LogP contribution in [-0.2, 0) is 6.54 Å². The van der Waals surface area contributed by atoms with Crippen molar-refractivity contribution in [3.63, 3.8) is 0 Å². The fraction of sp³-hybridized carbons (Fsp3) is 0.333. The molecule has 15 heavy (non-hydrogen) atoms. The molecule has 2 aromatic rings. The zero-order valence-corrected chi connectivity index (χ0v) is 8.41. The maximum atomic E-state index is 5.65. The Morgan fingerprint density at radius 3 is 2.67 bits per heavy atom. The van der Waals surface area contributed by atoms with Crippen LogP contribution in [0.3, 0.4) is 0 Å². The Kier molecular flexibility index (Phi) is 2.68. The highest BCUT2D eigenvalue weighted by molar-refractivity contribution is 4.92. The van der Waals surface area contributed by atoms with Crippen molar-refractivity contribution in [2.24, 2.45) is 5.73 Å². The predicted octanol–water partition coefficient (Wildman–Crippen LogP) is 0.136. The van der Waals surface area contributed by atoms with E-state index < -0.39 is 0 Å². The fourth-order valence-corrected chi connectivity index (χ4v) is 1.15. The van der Waals surface area contributed by atoms with Crippen molar-refractivity contribution in [2.75, 3.05) is 0 Å². The van der Waals surface area contributed by atoms with Gasteiger partial charge in [0, 0.05) is 12.4 Å². The molecule has 0 radical (unpaired) electrons. The van der Waals surface area contributed by atoms with E-state index in [4.69, 9.17) is 5.73 Å². The Balaban J connectivity index is 2.12. The highest BCUT2D eigenvalue weighted by Crippen LogP contribution is 2.01. The van der Waals surface area contributed by atoms with Crippen molar-refractivity contribution >= 4 is 0 Å². The van der Waals surface area contributed by atoms with Crippen LogP contribution in [0, 0.1) is 0 Å². The first kappa shape index (κ1) is 9.72. The Morgan fingerprint density at radius 1 is 1.33 bits per heavy atom. The van der Waals surface area contributed by atoms with E-state index in [2.05, 4.69) is 20.1 Å². The summed E-state index contributed by atoms with van der Waals surface area (Å²) in [7, 11) is 0. The molecular weight excluding hydrogens is 192 g/mol. The van der Waals surface area contributed by atoms with E-state index in [-0.39, 0.29) is 6.04 Å². The van der Waals surface area contributed by atoms with Crippen molar-refractivity contribution in [3.8, 4) is 0 Å². The molecule has 2 aromatic heterocycles. The molecule has 0 fully saturated rings. The van der Waals surface area contributed by atoms with Crippen LogP contribution in [0.4, 0.5) is 0 Å². The zero-order valence-electron chi connectivity index (χ0n) is 8.41. The molecule has 0 saturated carbocycles. The standard InChI is InChI=1S/C9H12N6/c1-7(10)9-13-6-15(14-9)5-8-11-3-2-4-12-8/h2-4,6-7H,5,10H2,1H3. The van der Waals surface area contributed by atoms with E-state index in [0.29, 0.717) is 18.2 Å². The van der Waals surface area contributed by atoms with Gasteiger partial charge in [-0.15, -0.1) is 0 Å². The van der Waals surface area contributed by atoms with Crippen molar-refractivity contribution in [1.29, 1.82) is 0 Å². The number of hydrogen-bond acceptors (Lipinski definition) is 5. The third-order valence-corrected chi connectivity index (χ3v) is 1.88. The summed E-state index contributed by atoms with van der Waals surface area (Å²) >= 11 is 0. The van der Waals surface area contributed by atoms with Gasteiger partial charge < -0.3 is 5.73 Å². The third kappa shape index (κ3) is 2.35. The topological polar surface area (TPSA) is 82.5 Å². The van der Waals surface area contributed by atoms with E-state index >= 15 is 0 Å². The maximum absolute atomic E-state index is 5.65. The number of hydrogen-bond donors (Lipinski definition) is 1. The van der Waals surface area contributed by atoms with Crippen LogP contribution < -0.4 is 5.73 Å². The maximum Gasteiger partial charge on any atom is 0.166 e. The van der Waals surface area contributed by atoms with Crippen LogP contribution in [0.2, 0.25) is 0 Å². The van der Waals surface area contributed by atoms with E-state index in [1.807, 2.05) is 6.92 Å². The normalized spacial score (nSPS) is 12.7. The molecule has 6 heteroatoms. The number of aromatic nitrogens is 5. The van der Waals surface area contributed by atoms with Gasteiger partial charge in [-0.2, -0.15) is 5.10 Å². The first-order chi connectivity index (χ1) is 7.25. The van der Waals surface area contributed by atoms with Gasteiger partial charge in [0.1, 0.15) is 18.7 Å². The quantitative estimate of drug-likeness (QED) is 0.768. The highest BCUT2D eigenvalue weighted by atomic mass is 15.3. The average Bonchev–Trinajstić information content (AvgIpc) is 2.68. The van der Waals surface area contributed by atoms with Crippen LogP contribution in [-0.4, -0.2) is 24.7 Å². The summed E-state index contributed by atoms with van der Waals surface area (Å²) in [6.45, 7) is 2.36. The molecule has 0 saturated heterocycles. The molecule has 0 aliphatic carbocycles. The summed E-state index contributed by atoms with van der Waals surface area (Å²) in [4.78, 5) is 12.3. The predicted molar refractivity (Wildman–Crippen MR) is 53.8 cm³/mol. The smallest absolute Gasteiger partial charge is 0.166 e. The van der Waals surface area contributed by atoms with Crippen LogP contribution >= 0.6 is 0 Å². The molecular formula is C9H12N6. The molecule has 0 spiro atoms. The average molecular weight is 204 g/mol. The van der Waals surface area contributed by atoms with Gasteiger partial charge in [-0.1, -0.05) is 0 Å². The number of nitrogens with zero attached hydrogens (tertiary/aromatic N) is 5. The Hall–Kier alpha value is -1.82. The summed E-state index contributed by atoms with van der Waals surface area (Å²) in [6, 6.07) is 1.63. The Morgan fingerprint density at radius 2 is 2.07 bits per heavy atom. The molecule has 0 aromatic carbocycles. The Bertz CT molecular complexity index is 421. The SMILES string of the molecule is CC(N)c1ncn(Cc2ncccn2)n1. The molecule has 0 amide bonds. The van der Waals surface area contributed by atoms with Crippen LogP contribution in [0.1, 0.15) is 24.6 Å². The van der Waals surface area contributed by atoms with Gasteiger partial charge in [0.2, 0.25) is 0 Å². The highest BCUT2D eigenvalue weighted by Gasteiger charge is 2.06. The van der Waals surface area contributed by atoms with Gasteiger partial charge in [0.25, 0.3) is 0 Å². The number of nitrogens with two attached hydrogens (primary N) is 1. The zero-order chi connectivity index (χ0) is 10.7. The van der Waals surface area contributed by atoms with Crippen molar-refractivity contribution in [3.05, 3.63) is 36.4 Å². The molecule has 2 N–H and O–H groups in total. The molecule has 2 rings (SSSR count). The minimum Gasteiger partial charge on any atom is -0.321 e. The first-order valence-corrected chi connectivity index (χ1v) is 4.66. The largest absolute Gasteiger partial charge is 0.321 e. The second-order valence-corrected chi connectivity index (χ2v) is 3.25. The number of rotatable bonds is 3. The third-order valence-electron chi connectivity index (χ3n) is 1.88. The second-order valence-electron chi connectivity index (χ2n) is 3.25. The summed E-state index contributed by atoms with van der Waals surface area (Å²) in [6.07, 6.45) is 5.03. The van der Waals surface area contributed by atoms with Crippen molar-refractivity contribution in [2.45, 2.75) is 19.5 Å². The second kappa shape index (κ2) is 4.14. The minimum absolute atomic E-state index is 0.150. The van der Waals surface area contributed by atoms with E-state index in [1.54, 1.807) is 29.5 Å².